The number of hydrogen-bond acceptors (Lipinski definition) is 4. The normalized spacial score (nSPS) is 10.3. The number of pyridine rings is 1. The highest BCUT2D eigenvalue weighted by Crippen LogP contribution is 2.28. The zero-order valence-electron chi connectivity index (χ0n) is 10.5. The fourth-order valence-electron chi connectivity index (χ4n) is 1.87. The van der Waals surface area contributed by atoms with Crippen molar-refractivity contribution in [2.24, 2.45) is 0 Å². The molecule has 1 aromatic heterocycles. The number of nitrogens with two attached hydrogens (primary N) is 1. The quantitative estimate of drug-likeness (QED) is 0.790. The largest absolute Gasteiger partial charge is 0.398 e. The van der Waals surface area contributed by atoms with Gasteiger partial charge in [0.1, 0.15) is 0 Å². The van der Waals surface area contributed by atoms with Crippen LogP contribution in [0.4, 0.5) is 11.4 Å². The van der Waals surface area contributed by atoms with E-state index in [-0.39, 0.29) is 12.5 Å². The van der Waals surface area contributed by atoms with E-state index in [0.29, 0.717) is 5.69 Å². The second-order valence-corrected chi connectivity index (χ2v) is 4.10. The molecule has 1 aromatic carbocycles. The average Bonchev–Trinajstić information content (AvgIpc) is 2.39. The fourth-order valence-corrected chi connectivity index (χ4v) is 1.87. The lowest BCUT2D eigenvalue weighted by Crippen LogP contribution is -2.33. The number of amides is 1. The van der Waals surface area contributed by atoms with Crippen LogP contribution in [-0.2, 0) is 4.79 Å². The molecule has 0 aliphatic carbocycles. The van der Waals surface area contributed by atoms with Crippen molar-refractivity contribution in [1.29, 1.82) is 0 Å². The standard InChI is InChI=1S/C13H16N4O/c1-15-12(18)8-17(2)11-6-5-10(14)9-4-3-7-16-13(9)11/h3-7H,8,14H2,1-2H3,(H,15,18). The van der Waals surface area contributed by atoms with Gasteiger partial charge < -0.3 is 16.0 Å². The Balaban J connectivity index is 2.45. The minimum atomic E-state index is -0.0431. The first-order chi connectivity index (χ1) is 8.63. The Bertz CT molecular complexity index is 582. The molecule has 0 radical (unpaired) electrons. The van der Waals surface area contributed by atoms with Gasteiger partial charge in [-0.1, -0.05) is 0 Å². The Morgan fingerprint density at radius 3 is 2.94 bits per heavy atom. The van der Waals surface area contributed by atoms with E-state index >= 15 is 0 Å². The van der Waals surface area contributed by atoms with E-state index in [1.807, 2.05) is 36.2 Å². The monoisotopic (exact) mass is 244 g/mol. The molecule has 1 heterocycles. The van der Waals surface area contributed by atoms with Crippen molar-refractivity contribution in [3.8, 4) is 0 Å². The van der Waals surface area contributed by atoms with Gasteiger partial charge in [0, 0.05) is 31.4 Å². The van der Waals surface area contributed by atoms with Crippen LogP contribution in [0.25, 0.3) is 10.9 Å². The minimum absolute atomic E-state index is 0.0431. The molecular formula is C13H16N4O. The Labute approximate surface area is 106 Å². The second-order valence-electron chi connectivity index (χ2n) is 4.10. The molecule has 0 unspecified atom stereocenters. The van der Waals surface area contributed by atoms with Crippen molar-refractivity contribution in [2.45, 2.75) is 0 Å². The van der Waals surface area contributed by atoms with Crippen molar-refractivity contribution in [1.82, 2.24) is 10.3 Å². The number of nitrogen functional groups attached to an aromatic ring is 1. The van der Waals surface area contributed by atoms with Crippen LogP contribution >= 0.6 is 0 Å². The van der Waals surface area contributed by atoms with Crippen molar-refractivity contribution < 1.29 is 4.79 Å². The number of nitrogens with zero attached hydrogens (tertiary/aromatic N) is 2. The predicted molar refractivity (Wildman–Crippen MR) is 73.5 cm³/mol. The number of benzene rings is 1. The van der Waals surface area contributed by atoms with Crippen molar-refractivity contribution in [2.75, 3.05) is 31.3 Å². The third kappa shape index (κ3) is 2.20. The maximum atomic E-state index is 11.4. The van der Waals surface area contributed by atoms with Gasteiger partial charge in [-0.3, -0.25) is 9.78 Å². The number of carbonyl (C=O) groups excluding carboxylic acids is 1. The van der Waals surface area contributed by atoms with Crippen LogP contribution in [0, 0.1) is 0 Å². The number of carbonyl (C=O) groups is 1. The summed E-state index contributed by atoms with van der Waals surface area (Å²) in [7, 11) is 3.48. The molecule has 1 amide bonds. The number of rotatable bonds is 3. The van der Waals surface area contributed by atoms with E-state index < -0.39 is 0 Å². The topological polar surface area (TPSA) is 71.2 Å². The first kappa shape index (κ1) is 12.2. The smallest absolute Gasteiger partial charge is 0.239 e. The number of fused-ring (bicyclic) bond motifs is 1. The van der Waals surface area contributed by atoms with Crippen molar-refractivity contribution >= 4 is 28.2 Å². The number of nitrogens with one attached hydrogen (secondary N) is 1. The first-order valence-corrected chi connectivity index (χ1v) is 5.68. The molecule has 5 heteroatoms. The van der Waals surface area contributed by atoms with Gasteiger partial charge in [-0.25, -0.2) is 0 Å². The van der Waals surface area contributed by atoms with E-state index in [1.54, 1.807) is 13.2 Å². The highest BCUT2D eigenvalue weighted by atomic mass is 16.1. The Morgan fingerprint density at radius 2 is 2.22 bits per heavy atom. The Morgan fingerprint density at radius 1 is 1.44 bits per heavy atom. The van der Waals surface area contributed by atoms with Crippen LogP contribution in [0.3, 0.4) is 0 Å². The van der Waals surface area contributed by atoms with E-state index in [9.17, 15) is 4.79 Å². The van der Waals surface area contributed by atoms with E-state index in [4.69, 9.17) is 5.73 Å². The van der Waals surface area contributed by atoms with E-state index in [1.165, 1.54) is 0 Å². The molecule has 0 aliphatic heterocycles. The Kier molecular flexibility index (Phi) is 3.32. The summed E-state index contributed by atoms with van der Waals surface area (Å²) in [4.78, 5) is 17.6. The average molecular weight is 244 g/mol. The summed E-state index contributed by atoms with van der Waals surface area (Å²) in [6, 6.07) is 7.49. The predicted octanol–water partition coefficient (Wildman–Crippen LogP) is 0.999. The SMILES string of the molecule is CNC(=O)CN(C)c1ccc(N)c2cccnc12. The van der Waals surface area contributed by atoms with Gasteiger partial charge in [0.05, 0.1) is 17.7 Å². The minimum Gasteiger partial charge on any atom is -0.398 e. The number of hydrogen-bond donors (Lipinski definition) is 2. The lowest BCUT2D eigenvalue weighted by atomic mass is 10.1. The molecule has 94 valence electrons. The summed E-state index contributed by atoms with van der Waals surface area (Å²) in [5, 5.41) is 3.50. The Hall–Kier alpha value is -2.30. The molecule has 0 atom stereocenters. The summed E-state index contributed by atoms with van der Waals surface area (Å²) in [5.41, 5.74) is 8.31. The van der Waals surface area contributed by atoms with Gasteiger partial charge in [0.15, 0.2) is 0 Å². The summed E-state index contributed by atoms with van der Waals surface area (Å²) in [6.07, 6.45) is 1.72. The van der Waals surface area contributed by atoms with E-state index in [2.05, 4.69) is 10.3 Å². The summed E-state index contributed by atoms with van der Waals surface area (Å²) in [5.74, 6) is -0.0431. The summed E-state index contributed by atoms with van der Waals surface area (Å²) in [6.45, 7) is 0.284. The molecule has 18 heavy (non-hydrogen) atoms. The van der Waals surface area contributed by atoms with Crippen LogP contribution in [-0.4, -0.2) is 31.5 Å². The van der Waals surface area contributed by atoms with Crippen molar-refractivity contribution in [3.05, 3.63) is 30.5 Å². The van der Waals surface area contributed by atoms with Gasteiger partial charge in [-0.05, 0) is 24.3 Å². The van der Waals surface area contributed by atoms with Gasteiger partial charge in [0.2, 0.25) is 5.91 Å². The zero-order valence-corrected chi connectivity index (χ0v) is 10.5. The molecule has 5 nitrogen and oxygen atoms in total. The van der Waals surface area contributed by atoms with Crippen LogP contribution < -0.4 is 16.0 Å². The maximum Gasteiger partial charge on any atom is 0.239 e. The molecule has 0 bridgehead atoms. The van der Waals surface area contributed by atoms with Crippen LogP contribution in [0.5, 0.6) is 0 Å². The summed E-state index contributed by atoms with van der Waals surface area (Å²) >= 11 is 0. The molecule has 3 N–H and O–H groups in total. The molecule has 2 aromatic rings. The second kappa shape index (κ2) is 4.91. The lowest BCUT2D eigenvalue weighted by molar-refractivity contribution is -0.119. The van der Waals surface area contributed by atoms with E-state index in [0.717, 1.165) is 16.6 Å². The fraction of sp³-hybridized carbons (Fsp3) is 0.231. The molecule has 0 spiro atoms. The zero-order chi connectivity index (χ0) is 13.1. The van der Waals surface area contributed by atoms with Gasteiger partial charge >= 0.3 is 0 Å². The lowest BCUT2D eigenvalue weighted by Gasteiger charge is -2.20. The van der Waals surface area contributed by atoms with Crippen LogP contribution in [0.1, 0.15) is 0 Å². The van der Waals surface area contributed by atoms with Crippen LogP contribution in [0.2, 0.25) is 0 Å². The number of anilines is 2. The molecular weight excluding hydrogens is 228 g/mol. The number of likely N-dealkylation sites (N-methyl/N-ethyl adjacent to an activating group) is 2. The van der Waals surface area contributed by atoms with Gasteiger partial charge in [0.25, 0.3) is 0 Å². The summed E-state index contributed by atoms with van der Waals surface area (Å²) < 4.78 is 0. The van der Waals surface area contributed by atoms with Crippen molar-refractivity contribution in [3.63, 3.8) is 0 Å². The van der Waals surface area contributed by atoms with Crippen LogP contribution in [0.15, 0.2) is 30.5 Å². The van der Waals surface area contributed by atoms with Gasteiger partial charge in [-0.2, -0.15) is 0 Å². The third-order valence-electron chi connectivity index (χ3n) is 2.85. The molecule has 0 fully saturated rings. The highest BCUT2D eigenvalue weighted by molar-refractivity contribution is 5.99. The molecule has 0 aliphatic rings. The number of aromatic nitrogens is 1. The third-order valence-corrected chi connectivity index (χ3v) is 2.85. The first-order valence-electron chi connectivity index (χ1n) is 5.68. The maximum absolute atomic E-state index is 11.4. The molecule has 0 saturated heterocycles. The van der Waals surface area contributed by atoms with Gasteiger partial charge in [-0.15, -0.1) is 0 Å². The highest BCUT2D eigenvalue weighted by Gasteiger charge is 2.11. The molecule has 0 saturated carbocycles. The molecule has 2 rings (SSSR count).